The molecule has 1 heterocycles. The van der Waals surface area contributed by atoms with Gasteiger partial charge in [-0.05, 0) is 38.0 Å². The fourth-order valence-corrected chi connectivity index (χ4v) is 3.73. The summed E-state index contributed by atoms with van der Waals surface area (Å²) in [6.07, 6.45) is 1.56. The Morgan fingerprint density at radius 2 is 1.89 bits per heavy atom. The summed E-state index contributed by atoms with van der Waals surface area (Å²) in [5.41, 5.74) is -5.24. The molecule has 1 aliphatic rings. The molecule has 11 heteroatoms. The van der Waals surface area contributed by atoms with E-state index in [0.29, 0.717) is 55.3 Å². The molecule has 1 fully saturated rings. The van der Waals surface area contributed by atoms with Gasteiger partial charge in [0.25, 0.3) is 0 Å². The lowest BCUT2D eigenvalue weighted by Gasteiger charge is -2.30. The minimum absolute atomic E-state index is 0.0597. The molecule has 0 aromatic carbocycles. The first kappa shape index (κ1) is 25.0. The van der Waals surface area contributed by atoms with Crippen LogP contribution in [0.25, 0.3) is 0 Å². The van der Waals surface area contributed by atoms with Gasteiger partial charge in [-0.3, -0.25) is 4.99 Å². The van der Waals surface area contributed by atoms with Crippen LogP contribution in [0.1, 0.15) is 40.0 Å². The molecular weight excluding hydrogens is 397 g/mol. The summed E-state index contributed by atoms with van der Waals surface area (Å²) in [6.45, 7) is 9.12. The van der Waals surface area contributed by atoms with Crippen molar-refractivity contribution in [2.24, 2.45) is 16.8 Å². The number of nitrogens with one attached hydrogen (secondary N) is 2. The summed E-state index contributed by atoms with van der Waals surface area (Å²) in [6, 6.07) is 0. The number of alkyl halides is 3. The van der Waals surface area contributed by atoms with E-state index < -0.39 is 15.5 Å². The molecule has 166 valence electrons. The molecule has 0 unspecified atom stereocenters. The Balaban J connectivity index is 2.39. The SMILES string of the molecule is CCNC(=NCC1CCN(S(=O)(=O)C(F)(F)F)CC1)NCCCOCC(C)C. The zero-order valence-corrected chi connectivity index (χ0v) is 17.7. The second-order valence-corrected chi connectivity index (χ2v) is 9.19. The molecule has 28 heavy (non-hydrogen) atoms. The first-order valence-electron chi connectivity index (χ1n) is 9.74. The molecule has 0 saturated carbocycles. The van der Waals surface area contributed by atoms with Crippen molar-refractivity contribution in [2.45, 2.75) is 45.5 Å². The maximum Gasteiger partial charge on any atom is 0.511 e. The lowest BCUT2D eigenvalue weighted by molar-refractivity contribution is -0.0496. The number of rotatable bonds is 10. The zero-order chi connectivity index (χ0) is 21.2. The van der Waals surface area contributed by atoms with Gasteiger partial charge in [-0.25, -0.2) is 8.42 Å². The molecular formula is C17H33F3N4O3S. The molecule has 1 rings (SSSR count). The monoisotopic (exact) mass is 430 g/mol. The van der Waals surface area contributed by atoms with Crippen molar-refractivity contribution < 1.29 is 26.3 Å². The van der Waals surface area contributed by atoms with E-state index in [9.17, 15) is 21.6 Å². The summed E-state index contributed by atoms with van der Waals surface area (Å²) in [4.78, 5) is 4.48. The molecule has 0 atom stereocenters. The first-order valence-corrected chi connectivity index (χ1v) is 11.2. The summed E-state index contributed by atoms with van der Waals surface area (Å²) < 4.78 is 66.8. The van der Waals surface area contributed by atoms with E-state index in [0.717, 1.165) is 13.0 Å². The van der Waals surface area contributed by atoms with Gasteiger partial charge < -0.3 is 15.4 Å². The molecule has 7 nitrogen and oxygen atoms in total. The standard InChI is InChI=1S/C17H33F3N4O3S/c1-4-21-16(22-8-5-11-27-13-14(2)3)23-12-15-6-9-24(10-7-15)28(25,26)17(18,19)20/h14-15H,4-13H2,1-3H3,(H2,21,22,23). The summed E-state index contributed by atoms with van der Waals surface area (Å²) in [7, 11) is -5.23. The molecule has 0 bridgehead atoms. The van der Waals surface area contributed by atoms with Gasteiger partial charge in [-0.15, -0.1) is 0 Å². The Bertz CT molecular complexity index is 575. The number of nitrogens with zero attached hydrogens (tertiary/aromatic N) is 2. The number of sulfonamides is 1. The average Bonchev–Trinajstić information content (AvgIpc) is 2.61. The third-order valence-corrected chi connectivity index (χ3v) is 5.90. The van der Waals surface area contributed by atoms with Crippen molar-refractivity contribution in [1.82, 2.24) is 14.9 Å². The lowest BCUT2D eigenvalue weighted by atomic mass is 9.98. The van der Waals surface area contributed by atoms with E-state index in [4.69, 9.17) is 4.74 Å². The Labute approximate surface area is 166 Å². The summed E-state index contributed by atoms with van der Waals surface area (Å²) in [5, 5.41) is 6.33. The third-order valence-electron chi connectivity index (χ3n) is 4.27. The van der Waals surface area contributed by atoms with E-state index >= 15 is 0 Å². The van der Waals surface area contributed by atoms with Crippen molar-refractivity contribution in [2.75, 3.05) is 45.9 Å². The van der Waals surface area contributed by atoms with Crippen LogP contribution >= 0.6 is 0 Å². The lowest BCUT2D eigenvalue weighted by Crippen LogP contribution is -2.45. The summed E-state index contributed by atoms with van der Waals surface area (Å²) in [5.74, 6) is 1.21. The highest BCUT2D eigenvalue weighted by molar-refractivity contribution is 7.90. The van der Waals surface area contributed by atoms with Gasteiger partial charge in [-0.2, -0.15) is 17.5 Å². The van der Waals surface area contributed by atoms with Crippen LogP contribution in [0.2, 0.25) is 0 Å². The fraction of sp³-hybridized carbons (Fsp3) is 0.941. The highest BCUT2D eigenvalue weighted by atomic mass is 32.2. The minimum Gasteiger partial charge on any atom is -0.381 e. The molecule has 0 aromatic rings. The number of ether oxygens (including phenoxy) is 1. The van der Waals surface area contributed by atoms with Gasteiger partial charge in [0.1, 0.15) is 0 Å². The van der Waals surface area contributed by atoms with Crippen LogP contribution in [0.15, 0.2) is 4.99 Å². The molecule has 0 aliphatic carbocycles. The number of halogens is 3. The van der Waals surface area contributed by atoms with Gasteiger partial charge in [0.05, 0.1) is 0 Å². The van der Waals surface area contributed by atoms with Crippen LogP contribution in [-0.2, 0) is 14.8 Å². The van der Waals surface area contributed by atoms with Crippen LogP contribution in [0.4, 0.5) is 13.2 Å². The maximum absolute atomic E-state index is 12.6. The number of aliphatic imine (C=N–C) groups is 1. The van der Waals surface area contributed by atoms with Gasteiger partial charge in [0.2, 0.25) is 0 Å². The summed E-state index contributed by atoms with van der Waals surface area (Å²) >= 11 is 0. The predicted octanol–water partition coefficient (Wildman–Crippen LogP) is 2.17. The van der Waals surface area contributed by atoms with Crippen molar-refractivity contribution in [1.29, 1.82) is 0 Å². The molecule has 1 saturated heterocycles. The first-order chi connectivity index (χ1) is 13.1. The Kier molecular flexibility index (Phi) is 10.5. The fourth-order valence-electron chi connectivity index (χ4n) is 2.74. The van der Waals surface area contributed by atoms with Crippen molar-refractivity contribution in [3.63, 3.8) is 0 Å². The smallest absolute Gasteiger partial charge is 0.381 e. The van der Waals surface area contributed by atoms with Crippen LogP contribution in [0.5, 0.6) is 0 Å². The Morgan fingerprint density at radius 1 is 1.25 bits per heavy atom. The number of guanidine groups is 1. The van der Waals surface area contributed by atoms with E-state index in [-0.39, 0.29) is 19.0 Å². The van der Waals surface area contributed by atoms with Gasteiger partial charge >= 0.3 is 15.5 Å². The van der Waals surface area contributed by atoms with Gasteiger partial charge in [0, 0.05) is 45.9 Å². The topological polar surface area (TPSA) is 83.0 Å². The molecule has 0 amide bonds. The second kappa shape index (κ2) is 11.8. The van der Waals surface area contributed by atoms with Crippen LogP contribution in [0, 0.1) is 11.8 Å². The zero-order valence-electron chi connectivity index (χ0n) is 16.9. The minimum atomic E-state index is -5.24. The largest absolute Gasteiger partial charge is 0.511 e. The van der Waals surface area contributed by atoms with Crippen LogP contribution < -0.4 is 10.6 Å². The highest BCUT2D eigenvalue weighted by Crippen LogP contribution is 2.30. The highest BCUT2D eigenvalue weighted by Gasteiger charge is 2.50. The molecule has 0 radical (unpaired) electrons. The van der Waals surface area contributed by atoms with Crippen LogP contribution in [0.3, 0.4) is 0 Å². The molecule has 0 aromatic heterocycles. The molecule has 1 aliphatic heterocycles. The Hall–Kier alpha value is -1.07. The average molecular weight is 431 g/mol. The third kappa shape index (κ3) is 8.52. The predicted molar refractivity (Wildman–Crippen MR) is 104 cm³/mol. The maximum atomic E-state index is 12.6. The van der Waals surface area contributed by atoms with E-state index in [1.54, 1.807) is 0 Å². The quantitative estimate of drug-likeness (QED) is 0.315. The van der Waals surface area contributed by atoms with Crippen molar-refractivity contribution >= 4 is 16.0 Å². The van der Waals surface area contributed by atoms with Gasteiger partial charge in [-0.1, -0.05) is 13.8 Å². The van der Waals surface area contributed by atoms with Crippen molar-refractivity contribution in [3.05, 3.63) is 0 Å². The van der Waals surface area contributed by atoms with Crippen LogP contribution in [-0.4, -0.2) is 70.1 Å². The number of hydrogen-bond acceptors (Lipinski definition) is 4. The van der Waals surface area contributed by atoms with Crippen molar-refractivity contribution in [3.8, 4) is 0 Å². The number of piperidine rings is 1. The van der Waals surface area contributed by atoms with E-state index in [1.165, 1.54) is 0 Å². The second-order valence-electron chi connectivity index (χ2n) is 7.26. The Morgan fingerprint density at radius 3 is 2.43 bits per heavy atom. The molecule has 0 spiro atoms. The van der Waals surface area contributed by atoms with E-state index in [1.807, 2.05) is 6.92 Å². The normalized spacial score (nSPS) is 17.9. The molecule has 2 N–H and O–H groups in total. The number of hydrogen-bond donors (Lipinski definition) is 2. The van der Waals surface area contributed by atoms with Gasteiger partial charge in [0.15, 0.2) is 5.96 Å². The van der Waals surface area contributed by atoms with E-state index in [2.05, 4.69) is 29.5 Å².